The van der Waals surface area contributed by atoms with E-state index in [1.807, 2.05) is 29.8 Å². The molecule has 20 heavy (non-hydrogen) atoms. The van der Waals surface area contributed by atoms with Gasteiger partial charge in [0.15, 0.2) is 0 Å². The highest BCUT2D eigenvalue weighted by Crippen LogP contribution is 2.25. The van der Waals surface area contributed by atoms with Gasteiger partial charge in [-0.05, 0) is 31.6 Å². The maximum absolute atomic E-state index is 11.7. The van der Waals surface area contributed by atoms with Crippen molar-refractivity contribution in [3.8, 4) is 5.82 Å². The van der Waals surface area contributed by atoms with Gasteiger partial charge in [0, 0.05) is 18.2 Å². The first-order valence-corrected chi connectivity index (χ1v) is 6.56. The number of rotatable bonds is 3. The van der Waals surface area contributed by atoms with E-state index >= 15 is 0 Å². The molecule has 0 atom stereocenters. The van der Waals surface area contributed by atoms with Gasteiger partial charge in [0.1, 0.15) is 12.1 Å². The smallest absolute Gasteiger partial charge is 0.334 e. The van der Waals surface area contributed by atoms with Crippen molar-refractivity contribution in [3.63, 3.8) is 0 Å². The third-order valence-corrected chi connectivity index (χ3v) is 3.20. The van der Waals surface area contributed by atoms with Crippen LogP contribution >= 0.6 is 0 Å². The van der Waals surface area contributed by atoms with Crippen molar-refractivity contribution in [1.82, 2.24) is 14.5 Å². The van der Waals surface area contributed by atoms with Crippen LogP contribution in [-0.2, 0) is 16.0 Å². The molecule has 0 N–H and O–H groups in total. The zero-order valence-electron chi connectivity index (χ0n) is 11.5. The monoisotopic (exact) mass is 269 g/mol. The normalized spacial score (nSPS) is 13.0. The molecule has 5 heteroatoms. The number of aromatic nitrogens is 3. The topological polar surface area (TPSA) is 57.0 Å². The Morgan fingerprint density at radius 3 is 3.00 bits per heavy atom. The van der Waals surface area contributed by atoms with Crippen molar-refractivity contribution >= 4 is 12.0 Å². The fourth-order valence-corrected chi connectivity index (χ4v) is 2.23. The Balaban J connectivity index is 1.91. The number of ether oxygens (including phenoxy) is 1. The van der Waals surface area contributed by atoms with Gasteiger partial charge in [-0.1, -0.05) is 6.07 Å². The van der Waals surface area contributed by atoms with E-state index in [-0.39, 0.29) is 5.97 Å². The summed E-state index contributed by atoms with van der Waals surface area (Å²) >= 11 is 0. The van der Waals surface area contributed by atoms with Crippen LogP contribution in [0.1, 0.15) is 23.9 Å². The van der Waals surface area contributed by atoms with E-state index in [1.165, 1.54) is 0 Å². The molecular weight excluding hydrogens is 254 g/mol. The van der Waals surface area contributed by atoms with Crippen LogP contribution in [0.5, 0.6) is 0 Å². The van der Waals surface area contributed by atoms with Crippen LogP contribution in [0.15, 0.2) is 30.2 Å². The van der Waals surface area contributed by atoms with Crippen LogP contribution in [0.3, 0.4) is 0 Å². The summed E-state index contributed by atoms with van der Waals surface area (Å²) in [5, 5.41) is 0. The summed E-state index contributed by atoms with van der Waals surface area (Å²) in [6.45, 7) is 4.13. The van der Waals surface area contributed by atoms with Crippen LogP contribution in [0.4, 0.5) is 0 Å². The Morgan fingerprint density at radius 2 is 2.30 bits per heavy atom. The minimum Gasteiger partial charge on any atom is -0.463 e. The van der Waals surface area contributed by atoms with E-state index in [0.29, 0.717) is 18.6 Å². The van der Waals surface area contributed by atoms with Crippen molar-refractivity contribution < 1.29 is 9.53 Å². The minimum absolute atomic E-state index is 0.259. The lowest BCUT2D eigenvalue weighted by molar-refractivity contribution is -0.138. The molecule has 0 unspecified atom stereocenters. The van der Waals surface area contributed by atoms with Crippen LogP contribution < -0.4 is 0 Å². The first-order valence-electron chi connectivity index (χ1n) is 6.56. The van der Waals surface area contributed by atoms with Crippen molar-refractivity contribution in [2.24, 2.45) is 0 Å². The van der Waals surface area contributed by atoms with E-state index in [9.17, 15) is 4.79 Å². The lowest BCUT2D eigenvalue weighted by Gasteiger charge is -2.03. The number of fused-ring (bicyclic) bond motifs is 1. The number of imidazole rings is 1. The van der Waals surface area contributed by atoms with Crippen LogP contribution in [0, 0.1) is 6.92 Å². The van der Waals surface area contributed by atoms with Gasteiger partial charge in [0.25, 0.3) is 0 Å². The van der Waals surface area contributed by atoms with Crippen LogP contribution in [-0.4, -0.2) is 27.1 Å². The van der Waals surface area contributed by atoms with E-state index in [2.05, 4.69) is 9.97 Å². The van der Waals surface area contributed by atoms with Crippen molar-refractivity contribution in [2.75, 3.05) is 6.61 Å². The summed E-state index contributed by atoms with van der Waals surface area (Å²) in [4.78, 5) is 20.5. The highest BCUT2D eigenvalue weighted by Gasteiger charge is 2.20. The lowest BCUT2D eigenvalue weighted by atomic mass is 10.1. The fraction of sp³-hybridized carbons (Fsp3) is 0.267. The number of aryl methyl sites for hydroxylation is 1. The van der Waals surface area contributed by atoms with Crippen molar-refractivity contribution in [3.05, 3.63) is 47.2 Å². The third-order valence-electron chi connectivity index (χ3n) is 3.20. The quantitative estimate of drug-likeness (QED) is 0.800. The number of carbonyl (C=O) groups is 1. The molecule has 0 amide bonds. The molecule has 2 aromatic rings. The van der Waals surface area contributed by atoms with Crippen LogP contribution in [0.25, 0.3) is 11.9 Å². The number of pyridine rings is 1. The van der Waals surface area contributed by atoms with Gasteiger partial charge in [0.2, 0.25) is 0 Å². The molecule has 5 nitrogen and oxygen atoms in total. The molecule has 102 valence electrons. The molecule has 0 bridgehead atoms. The van der Waals surface area contributed by atoms with Crippen molar-refractivity contribution in [1.29, 1.82) is 0 Å². The Morgan fingerprint density at radius 1 is 1.45 bits per heavy atom. The highest BCUT2D eigenvalue weighted by atomic mass is 16.5. The summed E-state index contributed by atoms with van der Waals surface area (Å²) in [7, 11) is 0. The van der Waals surface area contributed by atoms with E-state index < -0.39 is 0 Å². The number of carbonyl (C=O) groups excluding carboxylic acids is 1. The minimum atomic E-state index is -0.259. The van der Waals surface area contributed by atoms with Gasteiger partial charge < -0.3 is 4.74 Å². The number of esters is 1. The maximum atomic E-state index is 11.7. The molecule has 3 rings (SSSR count). The molecule has 0 aliphatic heterocycles. The molecular formula is C15H15N3O2. The lowest BCUT2D eigenvalue weighted by Crippen LogP contribution is -2.07. The second-order valence-electron chi connectivity index (χ2n) is 4.70. The van der Waals surface area contributed by atoms with Gasteiger partial charge in [-0.3, -0.25) is 4.57 Å². The summed E-state index contributed by atoms with van der Waals surface area (Å²) < 4.78 is 6.89. The SMILES string of the molecule is CCOC(=O)C1=Cc2nc(-n3cnc(C)c3)ccc2C1. The Bertz CT molecular complexity index is 701. The molecule has 2 heterocycles. The predicted molar refractivity (Wildman–Crippen MR) is 74.4 cm³/mol. The summed E-state index contributed by atoms with van der Waals surface area (Å²) in [6, 6.07) is 3.93. The Kier molecular flexibility index (Phi) is 3.10. The van der Waals surface area contributed by atoms with Gasteiger partial charge in [0.05, 0.1) is 18.0 Å². The molecule has 0 fully saturated rings. The first kappa shape index (κ1) is 12.6. The molecule has 0 radical (unpaired) electrons. The zero-order valence-corrected chi connectivity index (χ0v) is 11.5. The largest absolute Gasteiger partial charge is 0.463 e. The van der Waals surface area contributed by atoms with E-state index in [0.717, 1.165) is 22.8 Å². The summed E-state index contributed by atoms with van der Waals surface area (Å²) in [5.74, 6) is 0.538. The molecule has 1 aliphatic rings. The fourth-order valence-electron chi connectivity index (χ4n) is 2.23. The van der Waals surface area contributed by atoms with Gasteiger partial charge >= 0.3 is 5.97 Å². The number of hydrogen-bond acceptors (Lipinski definition) is 4. The van der Waals surface area contributed by atoms with E-state index in [4.69, 9.17) is 4.74 Å². The average Bonchev–Trinajstić information content (AvgIpc) is 3.04. The molecule has 2 aromatic heterocycles. The van der Waals surface area contributed by atoms with E-state index in [1.54, 1.807) is 19.3 Å². The highest BCUT2D eigenvalue weighted by molar-refractivity contribution is 5.96. The standard InChI is InChI=1S/C15H15N3O2/c1-3-20-15(19)12-6-11-4-5-14(17-13(11)7-12)18-8-10(2)16-9-18/h4-5,7-9H,3,6H2,1-2H3. The average molecular weight is 269 g/mol. The molecule has 0 saturated heterocycles. The van der Waals surface area contributed by atoms with Gasteiger partial charge in [-0.25, -0.2) is 14.8 Å². The first-order chi connectivity index (χ1) is 9.67. The second-order valence-corrected chi connectivity index (χ2v) is 4.70. The van der Waals surface area contributed by atoms with Gasteiger partial charge in [-0.15, -0.1) is 0 Å². The van der Waals surface area contributed by atoms with Crippen LogP contribution in [0.2, 0.25) is 0 Å². The Hall–Kier alpha value is -2.43. The summed E-state index contributed by atoms with van der Waals surface area (Å²) in [5.41, 5.74) is 3.48. The molecule has 0 spiro atoms. The molecule has 0 aromatic carbocycles. The number of hydrogen-bond donors (Lipinski definition) is 0. The molecule has 0 saturated carbocycles. The second kappa shape index (κ2) is 4.92. The Labute approximate surface area is 116 Å². The zero-order chi connectivity index (χ0) is 14.1. The van der Waals surface area contributed by atoms with Gasteiger partial charge in [-0.2, -0.15) is 0 Å². The summed E-state index contributed by atoms with van der Waals surface area (Å²) in [6.07, 6.45) is 6.04. The maximum Gasteiger partial charge on any atom is 0.334 e. The predicted octanol–water partition coefficient (Wildman–Crippen LogP) is 2.08. The molecule has 1 aliphatic carbocycles. The number of nitrogens with zero attached hydrogens (tertiary/aromatic N) is 3. The third kappa shape index (κ3) is 2.22. The van der Waals surface area contributed by atoms with Crippen molar-refractivity contribution in [2.45, 2.75) is 20.3 Å².